The number of rotatable bonds is 6. The van der Waals surface area contributed by atoms with Gasteiger partial charge in [-0.2, -0.15) is 28.6 Å². The molecule has 1 aliphatic heterocycles. The lowest BCUT2D eigenvalue weighted by molar-refractivity contribution is 0.458. The number of hydrogen-bond acceptors (Lipinski definition) is 5. The Balaban J connectivity index is 1.74. The molecular weight excluding hydrogens is 264 g/mol. The molecule has 0 aliphatic carbocycles. The third kappa shape index (κ3) is 4.48. The van der Waals surface area contributed by atoms with Crippen LogP contribution in [0.2, 0.25) is 0 Å². The summed E-state index contributed by atoms with van der Waals surface area (Å²) in [5.41, 5.74) is 0. The van der Waals surface area contributed by atoms with Crippen LogP contribution in [-0.2, 0) is 13.1 Å². The SMILES string of the molecule is CC(C)Cn1ncnc1CNCC1CSCCS1. The van der Waals surface area contributed by atoms with Crippen molar-refractivity contribution in [3.8, 4) is 0 Å². The molecule has 0 aromatic carbocycles. The maximum Gasteiger partial charge on any atom is 0.140 e. The molecule has 1 aromatic heterocycles. The molecule has 1 saturated heterocycles. The minimum atomic E-state index is 0.607. The Hall–Kier alpha value is -0.200. The van der Waals surface area contributed by atoms with Gasteiger partial charge in [0.25, 0.3) is 0 Å². The molecule has 6 heteroatoms. The van der Waals surface area contributed by atoms with Crippen LogP contribution in [0.15, 0.2) is 6.33 Å². The van der Waals surface area contributed by atoms with Gasteiger partial charge in [-0.05, 0) is 5.92 Å². The molecule has 1 atom stereocenters. The molecule has 0 radical (unpaired) electrons. The van der Waals surface area contributed by atoms with Crippen molar-refractivity contribution in [3.05, 3.63) is 12.2 Å². The molecule has 0 bridgehead atoms. The summed E-state index contributed by atoms with van der Waals surface area (Å²) in [6.07, 6.45) is 1.66. The number of aromatic nitrogens is 3. The Bertz CT molecular complexity index is 348. The molecule has 1 aliphatic rings. The number of hydrogen-bond donors (Lipinski definition) is 1. The maximum absolute atomic E-state index is 4.33. The van der Waals surface area contributed by atoms with Crippen LogP contribution in [0.3, 0.4) is 0 Å². The largest absolute Gasteiger partial charge is 0.309 e. The second-order valence-electron chi connectivity index (χ2n) is 4.95. The fourth-order valence-electron chi connectivity index (χ4n) is 1.92. The highest BCUT2D eigenvalue weighted by Crippen LogP contribution is 2.23. The first-order chi connectivity index (χ1) is 8.75. The van der Waals surface area contributed by atoms with Gasteiger partial charge < -0.3 is 5.32 Å². The van der Waals surface area contributed by atoms with Gasteiger partial charge in [-0.1, -0.05) is 13.8 Å². The summed E-state index contributed by atoms with van der Waals surface area (Å²) in [7, 11) is 0. The molecular formula is C12H22N4S2. The van der Waals surface area contributed by atoms with E-state index in [0.29, 0.717) is 5.92 Å². The monoisotopic (exact) mass is 286 g/mol. The van der Waals surface area contributed by atoms with E-state index in [2.05, 4.69) is 52.8 Å². The van der Waals surface area contributed by atoms with E-state index in [1.165, 1.54) is 17.3 Å². The van der Waals surface area contributed by atoms with E-state index >= 15 is 0 Å². The van der Waals surface area contributed by atoms with E-state index in [0.717, 1.165) is 30.7 Å². The third-order valence-corrected chi connectivity index (χ3v) is 5.62. The summed E-state index contributed by atoms with van der Waals surface area (Å²) >= 11 is 4.16. The second kappa shape index (κ2) is 7.40. The van der Waals surface area contributed by atoms with E-state index in [4.69, 9.17) is 0 Å². The summed E-state index contributed by atoms with van der Waals surface area (Å²) in [6, 6.07) is 0. The quantitative estimate of drug-likeness (QED) is 0.865. The van der Waals surface area contributed by atoms with Gasteiger partial charge in [0.05, 0.1) is 6.54 Å². The van der Waals surface area contributed by atoms with E-state index in [9.17, 15) is 0 Å². The van der Waals surface area contributed by atoms with Crippen LogP contribution in [0.5, 0.6) is 0 Å². The first-order valence-corrected chi connectivity index (χ1v) is 8.73. The topological polar surface area (TPSA) is 42.7 Å². The molecule has 1 aromatic rings. The first-order valence-electron chi connectivity index (χ1n) is 6.52. The standard InChI is InChI=1S/C12H22N4S2/c1-10(2)7-16-12(14-9-15-16)6-13-5-11-8-17-3-4-18-11/h9-11,13H,3-8H2,1-2H3. The Kier molecular flexibility index (Phi) is 5.85. The summed E-state index contributed by atoms with van der Waals surface area (Å²) in [5.74, 6) is 5.54. The molecule has 2 heterocycles. The maximum atomic E-state index is 4.33. The van der Waals surface area contributed by atoms with Gasteiger partial charge in [0.2, 0.25) is 0 Å². The zero-order chi connectivity index (χ0) is 12.8. The molecule has 0 amide bonds. The van der Waals surface area contributed by atoms with Gasteiger partial charge in [-0.25, -0.2) is 9.67 Å². The molecule has 0 saturated carbocycles. The van der Waals surface area contributed by atoms with E-state index in [1.807, 2.05) is 4.68 Å². The molecule has 1 fully saturated rings. The smallest absolute Gasteiger partial charge is 0.140 e. The first kappa shape index (κ1) is 14.2. The van der Waals surface area contributed by atoms with Crippen molar-refractivity contribution >= 4 is 23.5 Å². The molecule has 2 rings (SSSR count). The summed E-state index contributed by atoms with van der Waals surface area (Å²) in [4.78, 5) is 4.33. The van der Waals surface area contributed by atoms with E-state index < -0.39 is 0 Å². The van der Waals surface area contributed by atoms with E-state index in [1.54, 1.807) is 6.33 Å². The average molecular weight is 286 g/mol. The average Bonchev–Trinajstić information content (AvgIpc) is 2.77. The van der Waals surface area contributed by atoms with Gasteiger partial charge in [0.1, 0.15) is 12.2 Å². The van der Waals surface area contributed by atoms with Crippen LogP contribution >= 0.6 is 23.5 Å². The normalized spacial score (nSPS) is 20.5. The molecule has 0 spiro atoms. The van der Waals surface area contributed by atoms with Crippen molar-refractivity contribution in [3.63, 3.8) is 0 Å². The van der Waals surface area contributed by atoms with Crippen LogP contribution < -0.4 is 5.32 Å². The Morgan fingerprint density at radius 2 is 2.39 bits per heavy atom. The van der Waals surface area contributed by atoms with Crippen LogP contribution in [0.25, 0.3) is 0 Å². The van der Waals surface area contributed by atoms with Crippen LogP contribution in [0.1, 0.15) is 19.7 Å². The molecule has 1 unspecified atom stereocenters. The van der Waals surface area contributed by atoms with E-state index in [-0.39, 0.29) is 0 Å². The van der Waals surface area contributed by atoms with Crippen molar-refractivity contribution in [2.45, 2.75) is 32.2 Å². The Morgan fingerprint density at radius 1 is 1.50 bits per heavy atom. The lowest BCUT2D eigenvalue weighted by atomic mass is 10.2. The van der Waals surface area contributed by atoms with Crippen molar-refractivity contribution < 1.29 is 0 Å². The van der Waals surface area contributed by atoms with Crippen molar-refractivity contribution in [2.24, 2.45) is 5.92 Å². The lowest BCUT2D eigenvalue weighted by Crippen LogP contribution is -2.29. The zero-order valence-corrected chi connectivity index (χ0v) is 12.8. The minimum Gasteiger partial charge on any atom is -0.309 e. The number of nitrogens with one attached hydrogen (secondary N) is 1. The van der Waals surface area contributed by atoms with Crippen LogP contribution in [0.4, 0.5) is 0 Å². The highest BCUT2D eigenvalue weighted by molar-refractivity contribution is 8.06. The zero-order valence-electron chi connectivity index (χ0n) is 11.1. The van der Waals surface area contributed by atoms with Crippen molar-refractivity contribution in [1.82, 2.24) is 20.1 Å². The van der Waals surface area contributed by atoms with Gasteiger partial charge in [0.15, 0.2) is 0 Å². The van der Waals surface area contributed by atoms with Gasteiger partial charge in [-0.3, -0.25) is 0 Å². The molecule has 102 valence electrons. The molecule has 4 nitrogen and oxygen atoms in total. The number of nitrogens with zero attached hydrogens (tertiary/aromatic N) is 3. The molecule has 1 N–H and O–H groups in total. The van der Waals surface area contributed by atoms with Gasteiger partial charge in [-0.15, -0.1) is 0 Å². The fraction of sp³-hybridized carbons (Fsp3) is 0.833. The molecule has 18 heavy (non-hydrogen) atoms. The predicted octanol–water partition coefficient (Wildman–Crippen LogP) is 1.87. The van der Waals surface area contributed by atoms with Gasteiger partial charge >= 0.3 is 0 Å². The number of thioether (sulfide) groups is 2. The second-order valence-corrected chi connectivity index (χ2v) is 7.51. The van der Waals surface area contributed by atoms with Crippen molar-refractivity contribution in [2.75, 3.05) is 23.8 Å². The lowest BCUT2D eigenvalue weighted by Gasteiger charge is -2.21. The van der Waals surface area contributed by atoms with Crippen LogP contribution in [0, 0.1) is 5.92 Å². The fourth-order valence-corrected chi connectivity index (χ4v) is 4.57. The van der Waals surface area contributed by atoms with Gasteiger partial charge in [0, 0.05) is 35.6 Å². The minimum absolute atomic E-state index is 0.607. The van der Waals surface area contributed by atoms with Crippen LogP contribution in [-0.4, -0.2) is 43.8 Å². The summed E-state index contributed by atoms with van der Waals surface area (Å²) < 4.78 is 2.01. The highest BCUT2D eigenvalue weighted by Gasteiger charge is 2.14. The highest BCUT2D eigenvalue weighted by atomic mass is 32.2. The van der Waals surface area contributed by atoms with Crippen molar-refractivity contribution in [1.29, 1.82) is 0 Å². The Labute approximate surface area is 118 Å². The predicted molar refractivity (Wildman–Crippen MR) is 80.1 cm³/mol. The summed E-state index contributed by atoms with van der Waals surface area (Å²) in [6.45, 7) is 7.26. The Morgan fingerprint density at radius 3 is 3.11 bits per heavy atom. The third-order valence-electron chi connectivity index (χ3n) is 2.77. The summed E-state index contributed by atoms with van der Waals surface area (Å²) in [5, 5.41) is 8.55.